The number of aromatic hydroxyl groups is 1. The largest absolute Gasteiger partial charge is 0.504 e. The molecule has 0 radical (unpaired) electrons. The van der Waals surface area contributed by atoms with Crippen LogP contribution in [0.2, 0.25) is 0 Å². The van der Waals surface area contributed by atoms with Crippen molar-refractivity contribution in [3.05, 3.63) is 47.4 Å². The molecule has 2 amide bonds. The number of anilines is 1. The van der Waals surface area contributed by atoms with Crippen molar-refractivity contribution in [1.82, 2.24) is 15.3 Å². The van der Waals surface area contributed by atoms with E-state index in [9.17, 15) is 9.90 Å². The van der Waals surface area contributed by atoms with Crippen LogP contribution in [0.15, 0.2) is 35.7 Å². The Morgan fingerprint density at radius 1 is 1.26 bits per heavy atom. The quantitative estimate of drug-likeness (QED) is 0.857. The molecule has 0 saturated carbocycles. The third-order valence-electron chi connectivity index (χ3n) is 3.99. The summed E-state index contributed by atoms with van der Waals surface area (Å²) < 4.78 is 5.87. The van der Waals surface area contributed by atoms with E-state index in [4.69, 9.17) is 4.74 Å². The van der Waals surface area contributed by atoms with E-state index in [1.54, 1.807) is 12.1 Å². The fourth-order valence-corrected chi connectivity index (χ4v) is 2.73. The minimum atomic E-state index is -0.376. The number of carbonyl (C=O) groups excluding carboxylic acids is 1. The summed E-state index contributed by atoms with van der Waals surface area (Å²) in [4.78, 5) is 20.4. The first-order valence-electron chi connectivity index (χ1n) is 8.45. The van der Waals surface area contributed by atoms with Crippen LogP contribution in [0.25, 0.3) is 0 Å². The highest BCUT2D eigenvalue weighted by Gasteiger charge is 2.21. The molecule has 1 aromatic carbocycles. The van der Waals surface area contributed by atoms with E-state index >= 15 is 0 Å². The molecule has 2 heterocycles. The highest BCUT2D eigenvalue weighted by Crippen LogP contribution is 2.33. The second-order valence-electron chi connectivity index (χ2n) is 6.60. The number of carbonyl (C=O) groups is 1. The van der Waals surface area contributed by atoms with Gasteiger partial charge in [0.15, 0.2) is 5.75 Å². The van der Waals surface area contributed by atoms with Crippen LogP contribution in [0.1, 0.15) is 36.6 Å². The molecule has 1 aliphatic rings. The lowest BCUT2D eigenvalue weighted by atomic mass is 10.1. The number of aryl methyl sites for hydroxylation is 2. The van der Waals surface area contributed by atoms with Gasteiger partial charge in [0, 0.05) is 0 Å². The van der Waals surface area contributed by atoms with Crippen LogP contribution in [0.5, 0.6) is 17.5 Å². The second kappa shape index (κ2) is 7.06. The number of hydrogen-bond acceptors (Lipinski definition) is 6. The minimum Gasteiger partial charge on any atom is -0.504 e. The molecule has 140 valence electrons. The Bertz CT molecular complexity index is 929. The fourth-order valence-electron chi connectivity index (χ4n) is 2.73. The smallest absolute Gasteiger partial charge is 0.347 e. The Hall–Kier alpha value is -3.42. The van der Waals surface area contributed by atoms with Crippen LogP contribution in [0.3, 0.4) is 0 Å². The molecular formula is C19H21N5O3. The number of hydrogen-bond donors (Lipinski definition) is 2. The van der Waals surface area contributed by atoms with Gasteiger partial charge in [0.1, 0.15) is 5.75 Å². The molecule has 0 saturated heterocycles. The molecule has 0 atom stereocenters. The lowest BCUT2D eigenvalue weighted by molar-refractivity contribution is 0.248. The van der Waals surface area contributed by atoms with Crippen molar-refractivity contribution in [1.29, 1.82) is 0 Å². The average molecular weight is 367 g/mol. The van der Waals surface area contributed by atoms with E-state index in [1.165, 1.54) is 17.4 Å². The third-order valence-corrected chi connectivity index (χ3v) is 3.99. The minimum absolute atomic E-state index is 0.0325. The van der Waals surface area contributed by atoms with E-state index in [1.807, 2.05) is 27.7 Å². The number of allylic oxidation sites excluding steroid dienone is 1. The molecule has 1 aromatic heterocycles. The third kappa shape index (κ3) is 3.74. The van der Waals surface area contributed by atoms with Gasteiger partial charge in [0.25, 0.3) is 0 Å². The van der Waals surface area contributed by atoms with E-state index in [0.717, 1.165) is 11.1 Å². The normalized spacial score (nSPS) is 13.9. The number of hydrazone groups is 1. The molecule has 8 nitrogen and oxygen atoms in total. The number of aromatic nitrogens is 2. The van der Waals surface area contributed by atoms with Crippen molar-refractivity contribution in [2.45, 2.75) is 33.6 Å². The zero-order valence-corrected chi connectivity index (χ0v) is 15.6. The summed E-state index contributed by atoms with van der Waals surface area (Å²) >= 11 is 0. The summed E-state index contributed by atoms with van der Waals surface area (Å²) in [5.41, 5.74) is 3.15. The van der Waals surface area contributed by atoms with E-state index in [0.29, 0.717) is 22.8 Å². The van der Waals surface area contributed by atoms with Gasteiger partial charge in [-0.3, -0.25) is 0 Å². The molecule has 1 aliphatic heterocycles. The van der Waals surface area contributed by atoms with Crippen molar-refractivity contribution in [3.63, 3.8) is 0 Å². The molecular weight excluding hydrogens is 346 g/mol. The Balaban J connectivity index is 1.92. The first kappa shape index (κ1) is 18.4. The summed E-state index contributed by atoms with van der Waals surface area (Å²) in [6, 6.07) is 3.35. The van der Waals surface area contributed by atoms with Crippen molar-refractivity contribution in [2.24, 2.45) is 5.10 Å². The van der Waals surface area contributed by atoms with Gasteiger partial charge in [0.05, 0.1) is 29.5 Å². The predicted octanol–water partition coefficient (Wildman–Crippen LogP) is 3.74. The van der Waals surface area contributed by atoms with Crippen molar-refractivity contribution in [2.75, 3.05) is 5.01 Å². The van der Waals surface area contributed by atoms with Crippen LogP contribution >= 0.6 is 0 Å². The molecule has 0 spiro atoms. The molecule has 27 heavy (non-hydrogen) atoms. The number of nitrogens with one attached hydrogen (secondary N) is 1. The Labute approximate surface area is 157 Å². The summed E-state index contributed by atoms with van der Waals surface area (Å²) in [6.07, 6.45) is 2.81. The maximum atomic E-state index is 12.1. The predicted molar refractivity (Wildman–Crippen MR) is 102 cm³/mol. The van der Waals surface area contributed by atoms with Gasteiger partial charge in [-0.1, -0.05) is 20.4 Å². The second-order valence-corrected chi connectivity index (χ2v) is 6.60. The van der Waals surface area contributed by atoms with Crippen molar-refractivity contribution < 1.29 is 14.6 Å². The molecule has 2 aromatic rings. The molecule has 0 aliphatic carbocycles. The molecule has 0 unspecified atom stereocenters. The van der Waals surface area contributed by atoms with Gasteiger partial charge in [-0.25, -0.2) is 4.79 Å². The van der Waals surface area contributed by atoms with Crippen LogP contribution in [0, 0.1) is 13.8 Å². The number of ether oxygens (including phenoxy) is 1. The highest BCUT2D eigenvalue weighted by molar-refractivity contribution is 6.01. The topological polar surface area (TPSA) is 99.9 Å². The molecule has 3 rings (SSSR count). The van der Waals surface area contributed by atoms with Gasteiger partial charge in [0.2, 0.25) is 0 Å². The van der Waals surface area contributed by atoms with Crippen molar-refractivity contribution >= 4 is 17.9 Å². The Kier molecular flexibility index (Phi) is 4.81. The number of benzene rings is 1. The molecule has 2 N–H and O–H groups in total. The van der Waals surface area contributed by atoms with Crippen LogP contribution in [-0.4, -0.2) is 27.3 Å². The number of urea groups is 1. The SMILES string of the molecule is C=C1C=NN(c2cc(C)c(Oc3ncc(O)c(C(C)C)n3)c(C)c2)C(=O)N1. The Morgan fingerprint density at radius 2 is 1.93 bits per heavy atom. The Morgan fingerprint density at radius 3 is 2.52 bits per heavy atom. The van der Waals surface area contributed by atoms with E-state index in [2.05, 4.69) is 27.0 Å². The molecule has 8 heteroatoms. The van der Waals surface area contributed by atoms with Gasteiger partial charge >= 0.3 is 12.0 Å². The number of amides is 2. The van der Waals surface area contributed by atoms with E-state index in [-0.39, 0.29) is 23.7 Å². The zero-order valence-electron chi connectivity index (χ0n) is 15.6. The molecule has 0 bridgehead atoms. The summed E-state index contributed by atoms with van der Waals surface area (Å²) in [6.45, 7) is 11.2. The first-order chi connectivity index (χ1) is 12.8. The van der Waals surface area contributed by atoms with Gasteiger partial charge in [-0.2, -0.15) is 20.1 Å². The zero-order chi connectivity index (χ0) is 19.7. The lowest BCUT2D eigenvalue weighted by Gasteiger charge is -2.23. The summed E-state index contributed by atoms with van der Waals surface area (Å²) in [5, 5.41) is 17.8. The van der Waals surface area contributed by atoms with Gasteiger partial charge in [-0.05, 0) is 43.0 Å². The van der Waals surface area contributed by atoms with Crippen LogP contribution < -0.4 is 15.1 Å². The highest BCUT2D eigenvalue weighted by atomic mass is 16.5. The van der Waals surface area contributed by atoms with Crippen molar-refractivity contribution in [3.8, 4) is 17.5 Å². The van der Waals surface area contributed by atoms with Gasteiger partial charge < -0.3 is 15.2 Å². The number of nitrogens with zero attached hydrogens (tertiary/aromatic N) is 4. The average Bonchev–Trinajstić information content (AvgIpc) is 2.59. The maximum absolute atomic E-state index is 12.1. The first-order valence-corrected chi connectivity index (χ1v) is 8.45. The van der Waals surface area contributed by atoms with E-state index < -0.39 is 0 Å². The number of rotatable bonds is 4. The van der Waals surface area contributed by atoms with Crippen LogP contribution in [0.4, 0.5) is 10.5 Å². The lowest BCUT2D eigenvalue weighted by Crippen LogP contribution is -2.40. The fraction of sp³-hybridized carbons (Fsp3) is 0.263. The van der Waals surface area contributed by atoms with Gasteiger partial charge in [-0.15, -0.1) is 0 Å². The standard InChI is InChI=1S/C19H21N5O3/c1-10(2)16-15(25)9-20-18(23-16)27-17-11(3)6-14(7-12(17)4)24-19(26)22-13(5)8-21-24/h6-10,25H,5H2,1-4H3,(H,22,26). The monoisotopic (exact) mass is 367 g/mol. The summed E-state index contributed by atoms with van der Waals surface area (Å²) in [5.74, 6) is 0.659. The summed E-state index contributed by atoms with van der Waals surface area (Å²) in [7, 11) is 0. The maximum Gasteiger partial charge on any atom is 0.347 e. The molecule has 0 fully saturated rings. The van der Waals surface area contributed by atoms with Crippen LogP contribution in [-0.2, 0) is 0 Å².